The maximum atomic E-state index is 2.38. The van der Waals surface area contributed by atoms with Crippen LogP contribution in [0.4, 0.5) is 0 Å². The lowest BCUT2D eigenvalue weighted by Gasteiger charge is -2.22. The van der Waals surface area contributed by atoms with Crippen molar-refractivity contribution in [2.24, 2.45) is 0 Å². The van der Waals surface area contributed by atoms with Crippen molar-refractivity contribution in [1.82, 2.24) is 0 Å². The van der Waals surface area contributed by atoms with Crippen LogP contribution in [0.1, 0.15) is 33.4 Å². The van der Waals surface area contributed by atoms with Gasteiger partial charge in [-0.25, -0.2) is 0 Å². The van der Waals surface area contributed by atoms with Crippen LogP contribution in [0.5, 0.6) is 0 Å². The zero-order valence-corrected chi connectivity index (χ0v) is 25.0. The minimum Gasteiger partial charge on any atom is -0.0619 e. The van der Waals surface area contributed by atoms with Crippen LogP contribution < -0.4 is 0 Å². The van der Waals surface area contributed by atoms with Crippen molar-refractivity contribution >= 4 is 0 Å². The van der Waals surface area contributed by atoms with Crippen LogP contribution in [0.3, 0.4) is 0 Å². The summed E-state index contributed by atoms with van der Waals surface area (Å²) in [5.41, 5.74) is 24.9. The maximum Gasteiger partial charge on any atom is -0.000728 e. The van der Waals surface area contributed by atoms with Gasteiger partial charge in [-0.2, -0.15) is 0 Å². The van der Waals surface area contributed by atoms with Crippen LogP contribution >= 0.6 is 0 Å². The summed E-state index contributed by atoms with van der Waals surface area (Å²) < 4.78 is 0. The van der Waals surface area contributed by atoms with E-state index in [1.807, 2.05) is 0 Å². The van der Waals surface area contributed by atoms with Crippen molar-refractivity contribution in [3.05, 3.63) is 179 Å². The van der Waals surface area contributed by atoms with E-state index < -0.39 is 0 Å². The molecular formula is C45H30. The molecule has 0 aromatic heterocycles. The molecule has 0 heteroatoms. The Hall–Kier alpha value is -5.46. The zero-order valence-electron chi connectivity index (χ0n) is 25.0. The first-order chi connectivity index (χ1) is 22.3. The average molecular weight is 571 g/mol. The average Bonchev–Trinajstić information content (AvgIpc) is 3.79. The molecule has 0 heterocycles. The Balaban J connectivity index is 1.26. The van der Waals surface area contributed by atoms with Gasteiger partial charge in [0.1, 0.15) is 0 Å². The van der Waals surface area contributed by atoms with Gasteiger partial charge < -0.3 is 0 Å². The molecule has 0 N–H and O–H groups in total. The fourth-order valence-corrected chi connectivity index (χ4v) is 8.50. The number of hydrogen-bond donors (Lipinski definition) is 0. The van der Waals surface area contributed by atoms with Crippen LogP contribution in [-0.2, 0) is 19.3 Å². The van der Waals surface area contributed by atoms with Crippen molar-refractivity contribution in [2.75, 3.05) is 0 Å². The number of rotatable bonds is 3. The molecule has 0 spiro atoms. The Morgan fingerprint density at radius 1 is 0.222 bits per heavy atom. The monoisotopic (exact) mass is 570 g/mol. The fraction of sp³-hybridized carbons (Fsp3) is 0.0667. The predicted molar refractivity (Wildman–Crippen MR) is 187 cm³/mol. The summed E-state index contributed by atoms with van der Waals surface area (Å²) in [4.78, 5) is 0. The molecule has 0 fully saturated rings. The van der Waals surface area contributed by atoms with Gasteiger partial charge in [0.25, 0.3) is 0 Å². The van der Waals surface area contributed by atoms with Gasteiger partial charge in [0, 0.05) is 0 Å². The van der Waals surface area contributed by atoms with E-state index in [-0.39, 0.29) is 0 Å². The quantitative estimate of drug-likeness (QED) is 0.198. The van der Waals surface area contributed by atoms with E-state index in [0.29, 0.717) is 0 Å². The highest BCUT2D eigenvalue weighted by Crippen LogP contribution is 2.51. The Kier molecular flexibility index (Phi) is 5.27. The Morgan fingerprint density at radius 2 is 0.489 bits per heavy atom. The normalized spacial score (nSPS) is 13.1. The summed E-state index contributed by atoms with van der Waals surface area (Å²) in [6.45, 7) is 0. The second-order valence-corrected chi connectivity index (χ2v) is 12.7. The third kappa shape index (κ3) is 3.60. The molecule has 0 radical (unpaired) electrons. The van der Waals surface area contributed by atoms with Crippen molar-refractivity contribution in [1.29, 1.82) is 0 Å². The molecule has 0 nitrogen and oxygen atoms in total. The van der Waals surface area contributed by atoms with Gasteiger partial charge in [0.15, 0.2) is 0 Å². The molecule has 210 valence electrons. The highest BCUT2D eigenvalue weighted by Gasteiger charge is 2.29. The smallest absolute Gasteiger partial charge is 0.000728 e. The Labute approximate surface area is 264 Å². The number of hydrogen-bond acceptors (Lipinski definition) is 0. The summed E-state index contributed by atoms with van der Waals surface area (Å²) in [5.74, 6) is 0. The van der Waals surface area contributed by atoms with E-state index in [9.17, 15) is 0 Å². The Morgan fingerprint density at radius 3 is 0.889 bits per heavy atom. The molecule has 0 atom stereocenters. The zero-order chi connectivity index (χ0) is 29.5. The van der Waals surface area contributed by atoms with Gasteiger partial charge >= 0.3 is 0 Å². The highest BCUT2D eigenvalue weighted by molar-refractivity contribution is 6.01. The first-order valence-electron chi connectivity index (χ1n) is 16.1. The van der Waals surface area contributed by atoms with Gasteiger partial charge in [0.2, 0.25) is 0 Å². The SMILES string of the molecule is c1ccc2c(c1)Cc1c-2cccc1-c1cccc(-c2cccc3c2Cc2ccccc2-3)c1-c1cccc2c1Cc1ccccc1-2. The third-order valence-corrected chi connectivity index (χ3v) is 10.5. The summed E-state index contributed by atoms with van der Waals surface area (Å²) in [6, 6.07) is 54.7. The second-order valence-electron chi connectivity index (χ2n) is 12.7. The van der Waals surface area contributed by atoms with E-state index >= 15 is 0 Å². The lowest BCUT2D eigenvalue weighted by molar-refractivity contribution is 1.25. The van der Waals surface area contributed by atoms with Crippen molar-refractivity contribution < 1.29 is 0 Å². The molecule has 3 aliphatic carbocycles. The molecule has 0 saturated carbocycles. The number of fused-ring (bicyclic) bond motifs is 9. The predicted octanol–water partition coefficient (Wildman–Crippen LogP) is 11.4. The van der Waals surface area contributed by atoms with Gasteiger partial charge in [-0.1, -0.05) is 146 Å². The molecule has 0 amide bonds. The van der Waals surface area contributed by atoms with E-state index in [1.54, 1.807) is 0 Å². The molecule has 0 aliphatic heterocycles. The van der Waals surface area contributed by atoms with Gasteiger partial charge in [-0.05, 0) is 119 Å². The minimum atomic E-state index is 0.964. The molecule has 10 rings (SSSR count). The minimum absolute atomic E-state index is 0.964. The Bertz CT molecular complexity index is 2240. The molecule has 7 aromatic rings. The largest absolute Gasteiger partial charge is 0.0619 e. The van der Waals surface area contributed by atoms with Gasteiger partial charge in [-0.3, -0.25) is 0 Å². The van der Waals surface area contributed by atoms with E-state index in [4.69, 9.17) is 0 Å². The molecule has 45 heavy (non-hydrogen) atoms. The van der Waals surface area contributed by atoms with Crippen molar-refractivity contribution in [2.45, 2.75) is 19.3 Å². The second kappa shape index (κ2) is 9.52. The topological polar surface area (TPSA) is 0 Å². The van der Waals surface area contributed by atoms with E-state index in [2.05, 4.69) is 146 Å². The molecule has 0 saturated heterocycles. The molecule has 0 unspecified atom stereocenters. The first kappa shape index (κ1) is 24.9. The molecule has 0 bridgehead atoms. The van der Waals surface area contributed by atoms with Gasteiger partial charge in [0.05, 0.1) is 0 Å². The molecular weight excluding hydrogens is 540 g/mol. The van der Waals surface area contributed by atoms with E-state index in [1.165, 1.54) is 100 Å². The summed E-state index contributed by atoms with van der Waals surface area (Å²) in [5, 5.41) is 0. The fourth-order valence-electron chi connectivity index (χ4n) is 8.50. The molecule has 3 aliphatic rings. The van der Waals surface area contributed by atoms with Crippen molar-refractivity contribution in [3.63, 3.8) is 0 Å². The summed E-state index contributed by atoms with van der Waals surface area (Å²) >= 11 is 0. The van der Waals surface area contributed by atoms with Crippen LogP contribution in [0, 0.1) is 0 Å². The van der Waals surface area contributed by atoms with Crippen LogP contribution in [-0.4, -0.2) is 0 Å². The van der Waals surface area contributed by atoms with Gasteiger partial charge in [-0.15, -0.1) is 0 Å². The van der Waals surface area contributed by atoms with E-state index in [0.717, 1.165) is 19.3 Å². The summed E-state index contributed by atoms with van der Waals surface area (Å²) in [6.07, 6.45) is 2.91. The molecule has 7 aromatic carbocycles. The van der Waals surface area contributed by atoms with Crippen LogP contribution in [0.2, 0.25) is 0 Å². The third-order valence-electron chi connectivity index (χ3n) is 10.5. The standard InChI is InChI=1S/C45H30/c1-4-14-31-28(11-1)25-42-34(31)17-7-20-37(42)39-22-10-23-40(38-21-8-18-35-32-15-5-2-12-29(32)26-43(35)38)45(39)41-24-9-19-36-33-16-6-3-13-30(33)27-44(36)41/h1-24H,25-27H2. The van der Waals surface area contributed by atoms with Crippen molar-refractivity contribution in [3.8, 4) is 66.8 Å². The lowest BCUT2D eigenvalue weighted by Crippen LogP contribution is -1.98. The van der Waals surface area contributed by atoms with Crippen LogP contribution in [0.15, 0.2) is 146 Å². The maximum absolute atomic E-state index is 2.38. The lowest BCUT2D eigenvalue weighted by atomic mass is 9.82. The van der Waals surface area contributed by atoms with Crippen LogP contribution in [0.25, 0.3) is 66.8 Å². The summed E-state index contributed by atoms with van der Waals surface area (Å²) in [7, 11) is 0. The highest BCUT2D eigenvalue weighted by atomic mass is 14.3. The number of benzene rings is 7. The first-order valence-corrected chi connectivity index (χ1v) is 16.1.